The maximum atomic E-state index is 12.2. The molecule has 4 nitrogen and oxygen atoms in total. The summed E-state index contributed by atoms with van der Waals surface area (Å²) in [6.07, 6.45) is 1.40. The van der Waals surface area contributed by atoms with Gasteiger partial charge in [0.2, 0.25) is 5.91 Å². The van der Waals surface area contributed by atoms with Crippen LogP contribution in [0.1, 0.15) is 17.5 Å². The molecule has 0 saturated carbocycles. The van der Waals surface area contributed by atoms with Gasteiger partial charge in [-0.15, -0.1) is 0 Å². The molecule has 1 N–H and O–H groups in total. The molecule has 1 amide bonds. The van der Waals surface area contributed by atoms with E-state index in [0.717, 1.165) is 14.7 Å². The zero-order valence-electron chi connectivity index (χ0n) is 13.5. The molecule has 0 bridgehead atoms. The van der Waals surface area contributed by atoms with Crippen LogP contribution >= 0.6 is 22.6 Å². The molecule has 126 valence electrons. The predicted molar refractivity (Wildman–Crippen MR) is 102 cm³/mol. The maximum absolute atomic E-state index is 12.2. The van der Waals surface area contributed by atoms with E-state index < -0.39 is 12.0 Å². The second-order valence-corrected chi connectivity index (χ2v) is 6.59. The first kappa shape index (κ1) is 18.4. The highest BCUT2D eigenvalue weighted by Crippen LogP contribution is 2.14. The molecular weight excluding hydrogens is 417 g/mol. The molecule has 0 unspecified atom stereocenters. The Bertz CT molecular complexity index is 688. The minimum Gasteiger partial charge on any atom is -0.467 e. The first-order chi connectivity index (χ1) is 11.6. The predicted octanol–water partition coefficient (Wildman–Crippen LogP) is 3.12. The molecule has 0 aliphatic carbocycles. The van der Waals surface area contributed by atoms with E-state index in [0.29, 0.717) is 19.3 Å². The summed E-state index contributed by atoms with van der Waals surface area (Å²) < 4.78 is 5.89. The van der Waals surface area contributed by atoms with Crippen molar-refractivity contribution in [2.45, 2.75) is 25.3 Å². The van der Waals surface area contributed by atoms with Gasteiger partial charge in [-0.3, -0.25) is 4.79 Å². The Morgan fingerprint density at radius 3 is 2.42 bits per heavy atom. The van der Waals surface area contributed by atoms with Crippen molar-refractivity contribution >= 4 is 34.5 Å². The summed E-state index contributed by atoms with van der Waals surface area (Å²) in [5, 5.41) is 2.80. The third-order valence-electron chi connectivity index (χ3n) is 3.69. The highest BCUT2D eigenvalue weighted by molar-refractivity contribution is 14.1. The van der Waals surface area contributed by atoms with Crippen molar-refractivity contribution in [3.05, 3.63) is 69.3 Å². The van der Waals surface area contributed by atoms with E-state index >= 15 is 0 Å². The molecule has 2 aromatic carbocycles. The second kappa shape index (κ2) is 9.42. The van der Waals surface area contributed by atoms with Gasteiger partial charge in [0.25, 0.3) is 0 Å². The van der Waals surface area contributed by atoms with Crippen LogP contribution in [0, 0.1) is 3.57 Å². The van der Waals surface area contributed by atoms with E-state index in [4.69, 9.17) is 4.74 Å². The molecule has 0 aliphatic heterocycles. The van der Waals surface area contributed by atoms with Gasteiger partial charge in [0.05, 0.1) is 7.11 Å². The summed E-state index contributed by atoms with van der Waals surface area (Å²) in [6, 6.07) is 16.9. The number of nitrogens with one attached hydrogen (secondary N) is 1. The third-order valence-corrected chi connectivity index (χ3v) is 4.74. The van der Waals surface area contributed by atoms with Crippen LogP contribution < -0.4 is 5.32 Å². The Morgan fingerprint density at radius 2 is 1.75 bits per heavy atom. The fourth-order valence-electron chi connectivity index (χ4n) is 2.39. The van der Waals surface area contributed by atoms with E-state index in [-0.39, 0.29) is 5.91 Å². The largest absolute Gasteiger partial charge is 0.467 e. The molecule has 0 fully saturated rings. The molecule has 0 saturated heterocycles. The van der Waals surface area contributed by atoms with E-state index in [1.165, 1.54) is 7.11 Å². The first-order valence-electron chi connectivity index (χ1n) is 7.74. The van der Waals surface area contributed by atoms with Crippen molar-refractivity contribution in [1.29, 1.82) is 0 Å². The summed E-state index contributed by atoms with van der Waals surface area (Å²) in [4.78, 5) is 24.2. The van der Waals surface area contributed by atoms with Crippen molar-refractivity contribution in [2.75, 3.05) is 7.11 Å². The van der Waals surface area contributed by atoms with Gasteiger partial charge >= 0.3 is 5.97 Å². The normalized spacial score (nSPS) is 11.6. The lowest BCUT2D eigenvalue weighted by atomic mass is 10.1. The number of carbonyl (C=O) groups is 2. The number of carbonyl (C=O) groups excluding carboxylic acids is 2. The van der Waals surface area contributed by atoms with E-state index in [1.807, 2.05) is 54.6 Å². The summed E-state index contributed by atoms with van der Waals surface area (Å²) in [7, 11) is 1.33. The summed E-state index contributed by atoms with van der Waals surface area (Å²) in [5.74, 6) is -0.581. The number of amides is 1. The van der Waals surface area contributed by atoms with Gasteiger partial charge in [0.1, 0.15) is 6.04 Å². The van der Waals surface area contributed by atoms with Gasteiger partial charge in [-0.1, -0.05) is 48.5 Å². The maximum Gasteiger partial charge on any atom is 0.328 e. The fourth-order valence-corrected chi connectivity index (χ4v) is 3.00. The van der Waals surface area contributed by atoms with Crippen LogP contribution in [0.4, 0.5) is 0 Å². The van der Waals surface area contributed by atoms with Gasteiger partial charge in [0.15, 0.2) is 0 Å². The monoisotopic (exact) mass is 437 g/mol. The smallest absolute Gasteiger partial charge is 0.328 e. The zero-order valence-corrected chi connectivity index (χ0v) is 15.7. The van der Waals surface area contributed by atoms with Gasteiger partial charge in [-0.2, -0.15) is 0 Å². The molecule has 0 radical (unpaired) electrons. The van der Waals surface area contributed by atoms with Crippen LogP contribution in [-0.2, 0) is 27.2 Å². The average molecular weight is 437 g/mol. The molecule has 1 atom stereocenters. The molecule has 0 spiro atoms. The molecule has 0 aromatic heterocycles. The Hall–Kier alpha value is -1.89. The number of aryl methyl sites for hydroxylation is 1. The van der Waals surface area contributed by atoms with Crippen LogP contribution in [-0.4, -0.2) is 25.0 Å². The Kier molecular flexibility index (Phi) is 7.24. The van der Waals surface area contributed by atoms with Crippen molar-refractivity contribution in [3.63, 3.8) is 0 Å². The number of ether oxygens (including phenoxy) is 1. The topological polar surface area (TPSA) is 55.4 Å². The van der Waals surface area contributed by atoms with Crippen LogP contribution in [0.15, 0.2) is 54.6 Å². The number of hydrogen-bond donors (Lipinski definition) is 1. The molecule has 0 heterocycles. The van der Waals surface area contributed by atoms with Gasteiger partial charge in [-0.25, -0.2) is 4.79 Å². The minimum atomic E-state index is -0.672. The van der Waals surface area contributed by atoms with Gasteiger partial charge < -0.3 is 10.1 Å². The van der Waals surface area contributed by atoms with Crippen molar-refractivity contribution in [1.82, 2.24) is 5.32 Å². The highest BCUT2D eigenvalue weighted by atomic mass is 127. The van der Waals surface area contributed by atoms with Crippen LogP contribution in [0.5, 0.6) is 0 Å². The summed E-state index contributed by atoms with van der Waals surface area (Å²) in [5.41, 5.74) is 2.11. The SMILES string of the molecule is COC(=O)[C@H](Cc1ccccc1I)NC(=O)CCc1ccccc1. The number of rotatable bonds is 7. The number of esters is 1. The number of hydrogen-bond acceptors (Lipinski definition) is 3. The number of halogens is 1. The number of methoxy groups -OCH3 is 1. The lowest BCUT2D eigenvalue weighted by Crippen LogP contribution is -2.43. The van der Waals surface area contributed by atoms with Gasteiger partial charge in [-0.05, 0) is 46.2 Å². The van der Waals surface area contributed by atoms with E-state index in [2.05, 4.69) is 27.9 Å². The first-order valence-corrected chi connectivity index (χ1v) is 8.82. The Morgan fingerprint density at radius 1 is 1.08 bits per heavy atom. The van der Waals surface area contributed by atoms with E-state index in [9.17, 15) is 9.59 Å². The molecular formula is C19H20INO3. The summed E-state index contributed by atoms with van der Waals surface area (Å²) >= 11 is 2.22. The van der Waals surface area contributed by atoms with E-state index in [1.54, 1.807) is 0 Å². The Balaban J connectivity index is 1.97. The standard InChI is InChI=1S/C19H20INO3/c1-24-19(23)17(13-15-9-5-6-10-16(15)20)21-18(22)12-11-14-7-3-2-4-8-14/h2-10,17H,11-13H2,1H3,(H,21,22)/t17-/m0/s1. The highest BCUT2D eigenvalue weighted by Gasteiger charge is 2.22. The molecule has 2 aromatic rings. The van der Waals surface area contributed by atoms with Gasteiger partial charge in [0, 0.05) is 16.4 Å². The van der Waals surface area contributed by atoms with Crippen LogP contribution in [0.2, 0.25) is 0 Å². The lowest BCUT2D eigenvalue weighted by molar-refractivity contribution is -0.145. The molecule has 2 rings (SSSR count). The Labute approximate surface area is 155 Å². The molecule has 5 heteroatoms. The quantitative estimate of drug-likeness (QED) is 0.535. The average Bonchev–Trinajstić information content (AvgIpc) is 2.61. The molecule has 24 heavy (non-hydrogen) atoms. The zero-order chi connectivity index (χ0) is 17.4. The fraction of sp³-hybridized carbons (Fsp3) is 0.263. The van der Waals surface area contributed by atoms with Crippen LogP contribution in [0.3, 0.4) is 0 Å². The molecule has 0 aliphatic rings. The van der Waals surface area contributed by atoms with Crippen molar-refractivity contribution in [2.24, 2.45) is 0 Å². The summed E-state index contributed by atoms with van der Waals surface area (Å²) in [6.45, 7) is 0. The lowest BCUT2D eigenvalue weighted by Gasteiger charge is -2.17. The minimum absolute atomic E-state index is 0.153. The number of benzene rings is 2. The second-order valence-electron chi connectivity index (χ2n) is 5.42. The van der Waals surface area contributed by atoms with Crippen molar-refractivity contribution < 1.29 is 14.3 Å². The third kappa shape index (κ3) is 5.63. The van der Waals surface area contributed by atoms with Crippen LogP contribution in [0.25, 0.3) is 0 Å². The van der Waals surface area contributed by atoms with Crippen molar-refractivity contribution in [3.8, 4) is 0 Å².